The Morgan fingerprint density at radius 1 is 0.381 bits per heavy atom. The maximum atomic E-state index is 8.52. The SMILES string of the molecule is O=S(=O)([O-])[O-].[Mg+2].[Mg+2].[Mg+2].[Mg+2].[Mg+2].[Mg+2].[OH-].[OH-].[OH-].[OH-].[OH-].[OH-].[OH-].[OH-].[OH-].[OH-]. The van der Waals surface area contributed by atoms with E-state index in [0.29, 0.717) is 0 Å². The van der Waals surface area contributed by atoms with E-state index in [1.54, 1.807) is 0 Å². The van der Waals surface area contributed by atoms with Gasteiger partial charge in [0, 0.05) is 10.4 Å². The second kappa shape index (κ2) is 126. The molecule has 0 aliphatic rings. The van der Waals surface area contributed by atoms with Gasteiger partial charge in [-0.3, -0.25) is 8.42 Å². The summed E-state index contributed by atoms with van der Waals surface area (Å²) in [6.45, 7) is 0. The normalized spacial score (nSPS) is 2.76. The van der Waals surface area contributed by atoms with E-state index in [1.165, 1.54) is 0 Å². The maximum absolute atomic E-state index is 8.52. The zero-order chi connectivity index (χ0) is 4.50. The minimum Gasteiger partial charge on any atom is -0.870 e. The van der Waals surface area contributed by atoms with E-state index >= 15 is 0 Å². The summed E-state index contributed by atoms with van der Waals surface area (Å²) >= 11 is 0. The smallest absolute Gasteiger partial charge is 0.870 e. The van der Waals surface area contributed by atoms with E-state index < -0.39 is 10.4 Å². The first-order valence-electron chi connectivity index (χ1n) is 0.667. The standard InChI is InChI=1S/6Mg.H2O4S.10H2O/c;;;;;;1-5(2,3)4;;;;;;;;;;/h;;;;;;(H2,1,2,3,4);10*1H2/q6*+2;;;;;;;;;;;/p-12. The summed E-state index contributed by atoms with van der Waals surface area (Å²) in [5, 5.41) is 0. The van der Waals surface area contributed by atoms with E-state index in [2.05, 4.69) is 0 Å². The third kappa shape index (κ3) is 708. The van der Waals surface area contributed by atoms with Gasteiger partial charge in [0.25, 0.3) is 0 Å². The van der Waals surface area contributed by atoms with Crippen LogP contribution in [0.3, 0.4) is 0 Å². The molecule has 0 unspecified atom stereocenters. The molecule has 0 amide bonds. The molecule has 0 radical (unpaired) electrons. The quantitative estimate of drug-likeness (QED) is 0.203. The molecule has 112 valence electrons. The Balaban J connectivity index is -0.000000000667. The molecule has 10 N–H and O–H groups in total. The molecular weight excluding hydrogens is 402 g/mol. The van der Waals surface area contributed by atoms with Crippen molar-refractivity contribution >= 4 is 149 Å². The van der Waals surface area contributed by atoms with Crippen LogP contribution in [-0.2, 0) is 10.4 Å². The van der Waals surface area contributed by atoms with Gasteiger partial charge in [0.05, 0.1) is 0 Å². The molecule has 21 heavy (non-hydrogen) atoms. The van der Waals surface area contributed by atoms with Crippen LogP contribution in [-0.4, -0.2) is 211 Å². The molecule has 21 heteroatoms. The summed E-state index contributed by atoms with van der Waals surface area (Å²) in [7, 11) is -5.17. The fourth-order valence-electron chi connectivity index (χ4n) is 0. The molecule has 0 spiro atoms. The Morgan fingerprint density at radius 2 is 0.381 bits per heavy atom. The molecule has 0 bridgehead atoms. The first-order chi connectivity index (χ1) is 2.00. The van der Waals surface area contributed by atoms with Crippen LogP contribution in [0.25, 0.3) is 0 Å². The number of hydrogen-bond acceptors (Lipinski definition) is 14. The van der Waals surface area contributed by atoms with Crippen LogP contribution in [0.2, 0.25) is 0 Å². The molecule has 0 aromatic carbocycles. The Bertz CT molecular complexity index is 107. The van der Waals surface area contributed by atoms with Gasteiger partial charge < -0.3 is 63.9 Å². The molecule has 0 saturated carbocycles. The average Bonchev–Trinajstić information content (AvgIpc) is 0.722. The third-order valence-corrected chi connectivity index (χ3v) is 0. The van der Waals surface area contributed by atoms with Gasteiger partial charge in [0.1, 0.15) is 0 Å². The van der Waals surface area contributed by atoms with Crippen molar-refractivity contribution in [1.29, 1.82) is 0 Å². The van der Waals surface area contributed by atoms with Gasteiger partial charge in [0.15, 0.2) is 0 Å². The maximum Gasteiger partial charge on any atom is 2.00 e. The topological polar surface area (TPSA) is 380 Å². The molecule has 0 rings (SSSR count). The van der Waals surface area contributed by atoms with Gasteiger partial charge in [-0.05, 0) is 0 Å². The van der Waals surface area contributed by atoms with Crippen LogP contribution in [0.15, 0.2) is 0 Å². The summed E-state index contributed by atoms with van der Waals surface area (Å²) in [4.78, 5) is 0. The van der Waals surface area contributed by atoms with Crippen molar-refractivity contribution in [3.63, 3.8) is 0 Å². The van der Waals surface area contributed by atoms with E-state index in [0.717, 1.165) is 0 Å². The largest absolute Gasteiger partial charge is 2.00 e. The van der Waals surface area contributed by atoms with E-state index in [1.807, 2.05) is 0 Å². The zero-order valence-electron chi connectivity index (χ0n) is 10.8. The number of hydrogen-bond donors (Lipinski definition) is 0. The van der Waals surface area contributed by atoms with Crippen LogP contribution >= 0.6 is 0 Å². The van der Waals surface area contributed by atoms with Crippen molar-refractivity contribution in [2.24, 2.45) is 0 Å². The summed E-state index contributed by atoms with van der Waals surface area (Å²) < 4.78 is 34.1. The molecule has 0 aliphatic heterocycles. The van der Waals surface area contributed by atoms with Crippen LogP contribution in [0, 0.1) is 0 Å². The van der Waals surface area contributed by atoms with Crippen molar-refractivity contribution < 1.29 is 72.3 Å². The monoisotopic (exact) mass is 410 g/mol. The van der Waals surface area contributed by atoms with Crippen molar-refractivity contribution in [2.75, 3.05) is 0 Å². The summed E-state index contributed by atoms with van der Waals surface area (Å²) in [5.41, 5.74) is 0. The van der Waals surface area contributed by atoms with Crippen LogP contribution < -0.4 is 0 Å². The first kappa shape index (κ1) is 223. The molecule has 14 nitrogen and oxygen atoms in total. The molecule has 0 fully saturated rings. The fourth-order valence-corrected chi connectivity index (χ4v) is 0. The summed E-state index contributed by atoms with van der Waals surface area (Å²) in [6, 6.07) is 0. The van der Waals surface area contributed by atoms with Crippen LogP contribution in [0.4, 0.5) is 0 Å². The van der Waals surface area contributed by atoms with Gasteiger partial charge in [-0.15, -0.1) is 0 Å². The van der Waals surface area contributed by atoms with E-state index in [4.69, 9.17) is 17.5 Å². The Kier molecular flexibility index (Phi) is 1340. The zero-order valence-corrected chi connectivity index (χ0v) is 20.1. The predicted octanol–water partition coefficient (Wildman–Crippen LogP) is -5.39. The number of rotatable bonds is 0. The van der Waals surface area contributed by atoms with E-state index in [-0.39, 0.29) is 193 Å². The Morgan fingerprint density at radius 3 is 0.381 bits per heavy atom. The van der Waals surface area contributed by atoms with Crippen molar-refractivity contribution in [2.45, 2.75) is 0 Å². The second-order valence-electron chi connectivity index (χ2n) is 0.408. The van der Waals surface area contributed by atoms with Crippen LogP contribution in [0.5, 0.6) is 0 Å². The van der Waals surface area contributed by atoms with E-state index in [9.17, 15) is 0 Å². The second-order valence-corrected chi connectivity index (χ2v) is 1.22. The molecule has 0 atom stereocenters. The predicted molar refractivity (Wildman–Crippen MR) is 64.4 cm³/mol. The van der Waals surface area contributed by atoms with Crippen molar-refractivity contribution in [3.8, 4) is 0 Å². The van der Waals surface area contributed by atoms with Crippen LogP contribution in [0.1, 0.15) is 0 Å². The Labute approximate surface area is 217 Å². The van der Waals surface area contributed by atoms with Gasteiger partial charge in [-0.2, -0.15) is 0 Å². The van der Waals surface area contributed by atoms with Crippen molar-refractivity contribution in [1.82, 2.24) is 0 Å². The minimum atomic E-state index is -5.17. The summed E-state index contributed by atoms with van der Waals surface area (Å²) in [5.74, 6) is 0. The minimum absolute atomic E-state index is 0. The first-order valence-corrected chi connectivity index (χ1v) is 2.00. The van der Waals surface area contributed by atoms with Gasteiger partial charge in [0.2, 0.25) is 0 Å². The molecule has 0 aliphatic carbocycles. The summed E-state index contributed by atoms with van der Waals surface area (Å²) in [6.07, 6.45) is 0. The van der Waals surface area contributed by atoms with Gasteiger partial charge in [-0.1, -0.05) is 0 Å². The van der Waals surface area contributed by atoms with Gasteiger partial charge in [-0.25, -0.2) is 0 Å². The fraction of sp³-hybridized carbons (Fsp3) is 0. The molecule has 0 saturated heterocycles. The third-order valence-electron chi connectivity index (χ3n) is 0. The van der Waals surface area contributed by atoms with Gasteiger partial charge >= 0.3 is 138 Å². The molecule has 0 heterocycles. The average molecular weight is 412 g/mol. The van der Waals surface area contributed by atoms with Crippen molar-refractivity contribution in [3.05, 3.63) is 0 Å². The molecule has 0 aromatic heterocycles. The molecular formula is H10Mg6O14S. The Hall–Kier alpha value is 4.07. The molecule has 0 aromatic rings.